The summed E-state index contributed by atoms with van der Waals surface area (Å²) >= 11 is 0.877. The first kappa shape index (κ1) is 15.9. The number of pyridine rings is 1. The van der Waals surface area contributed by atoms with Crippen molar-refractivity contribution < 1.29 is 30.7 Å². The number of thiazole rings is 1. The Morgan fingerprint density at radius 3 is 2.38 bits per heavy atom. The van der Waals surface area contributed by atoms with Crippen LogP contribution in [0.3, 0.4) is 0 Å². The molecular formula is C11H10F3N2O3S2+. The highest BCUT2D eigenvalue weighted by Gasteiger charge is 2.33. The SMILES string of the molecule is O=S(=O)(O)CC[n+]1ccc(-c2nc(C(F)(F)F)cs2)cc1. The molecule has 0 saturated carbocycles. The fraction of sp³-hybridized carbons (Fsp3) is 0.273. The van der Waals surface area contributed by atoms with Crippen LogP contribution in [0, 0.1) is 0 Å². The molecule has 0 spiro atoms. The molecule has 10 heteroatoms. The van der Waals surface area contributed by atoms with E-state index in [4.69, 9.17) is 4.55 Å². The van der Waals surface area contributed by atoms with Gasteiger partial charge in [-0.15, -0.1) is 11.3 Å². The Morgan fingerprint density at radius 2 is 1.90 bits per heavy atom. The first-order chi connectivity index (χ1) is 9.65. The zero-order valence-electron chi connectivity index (χ0n) is 10.4. The molecule has 0 aliphatic rings. The second kappa shape index (κ2) is 5.70. The van der Waals surface area contributed by atoms with Crippen molar-refractivity contribution in [3.63, 3.8) is 0 Å². The van der Waals surface area contributed by atoms with E-state index >= 15 is 0 Å². The highest BCUT2D eigenvalue weighted by atomic mass is 32.2. The molecule has 5 nitrogen and oxygen atoms in total. The molecule has 0 saturated heterocycles. The van der Waals surface area contributed by atoms with Gasteiger partial charge in [0, 0.05) is 23.1 Å². The van der Waals surface area contributed by atoms with Crippen LogP contribution in [0.15, 0.2) is 29.9 Å². The largest absolute Gasteiger partial charge is 0.434 e. The summed E-state index contributed by atoms with van der Waals surface area (Å²) in [5.74, 6) is -0.438. The lowest BCUT2D eigenvalue weighted by atomic mass is 10.3. The second-order valence-electron chi connectivity index (χ2n) is 4.15. The van der Waals surface area contributed by atoms with Gasteiger partial charge in [-0.1, -0.05) is 0 Å². The number of nitrogens with zero attached hydrogens (tertiary/aromatic N) is 2. The van der Waals surface area contributed by atoms with Gasteiger partial charge in [-0.25, -0.2) is 9.55 Å². The van der Waals surface area contributed by atoms with E-state index in [1.165, 1.54) is 29.1 Å². The van der Waals surface area contributed by atoms with Crippen molar-refractivity contribution in [1.82, 2.24) is 4.98 Å². The first-order valence-electron chi connectivity index (χ1n) is 5.62. The minimum absolute atomic E-state index is 0.0464. The van der Waals surface area contributed by atoms with Crippen LogP contribution in [0.1, 0.15) is 5.69 Å². The minimum Gasteiger partial charge on any atom is -0.285 e. The molecule has 114 valence electrons. The lowest BCUT2D eigenvalue weighted by molar-refractivity contribution is -0.692. The van der Waals surface area contributed by atoms with Gasteiger partial charge in [0.05, 0.1) is 0 Å². The van der Waals surface area contributed by atoms with Crippen LogP contribution < -0.4 is 4.57 Å². The molecule has 2 rings (SSSR count). The van der Waals surface area contributed by atoms with Gasteiger partial charge in [0.25, 0.3) is 10.1 Å². The van der Waals surface area contributed by atoms with Crippen molar-refractivity contribution in [3.8, 4) is 10.6 Å². The Balaban J connectivity index is 2.14. The van der Waals surface area contributed by atoms with Gasteiger partial charge in [0.15, 0.2) is 24.6 Å². The number of aromatic nitrogens is 2. The van der Waals surface area contributed by atoms with Crippen LogP contribution in [-0.4, -0.2) is 23.7 Å². The molecule has 0 unspecified atom stereocenters. The summed E-state index contributed by atoms with van der Waals surface area (Å²) in [6, 6.07) is 3.06. The van der Waals surface area contributed by atoms with E-state index in [-0.39, 0.29) is 11.6 Å². The molecule has 0 aliphatic carbocycles. The fourth-order valence-corrected chi connectivity index (χ4v) is 2.78. The maximum absolute atomic E-state index is 12.5. The molecule has 2 aromatic heterocycles. The van der Waals surface area contributed by atoms with Crippen molar-refractivity contribution >= 4 is 21.5 Å². The fourth-order valence-electron chi connectivity index (χ4n) is 1.51. The van der Waals surface area contributed by atoms with Crippen molar-refractivity contribution in [1.29, 1.82) is 0 Å². The molecule has 0 aliphatic heterocycles. The summed E-state index contributed by atoms with van der Waals surface area (Å²) < 4.78 is 68.7. The Labute approximate surface area is 122 Å². The highest BCUT2D eigenvalue weighted by Crippen LogP contribution is 2.33. The quantitative estimate of drug-likeness (QED) is 0.683. The molecule has 0 aromatic carbocycles. The Morgan fingerprint density at radius 1 is 1.29 bits per heavy atom. The second-order valence-corrected chi connectivity index (χ2v) is 6.58. The monoisotopic (exact) mass is 339 g/mol. The molecule has 0 fully saturated rings. The van der Waals surface area contributed by atoms with E-state index < -0.39 is 27.7 Å². The number of halogens is 3. The van der Waals surface area contributed by atoms with E-state index in [1.54, 1.807) is 0 Å². The minimum atomic E-state index is -4.47. The van der Waals surface area contributed by atoms with Gasteiger partial charge in [0.2, 0.25) is 0 Å². The maximum Gasteiger partial charge on any atom is 0.434 e. The predicted molar refractivity (Wildman–Crippen MR) is 69.2 cm³/mol. The highest BCUT2D eigenvalue weighted by molar-refractivity contribution is 7.85. The van der Waals surface area contributed by atoms with E-state index in [0.717, 1.165) is 16.7 Å². The number of hydrogen-bond acceptors (Lipinski definition) is 4. The van der Waals surface area contributed by atoms with Gasteiger partial charge in [-0.05, 0) is 0 Å². The Kier molecular flexibility index (Phi) is 4.30. The molecule has 2 heterocycles. The number of aryl methyl sites for hydroxylation is 1. The van der Waals surface area contributed by atoms with Gasteiger partial charge >= 0.3 is 6.18 Å². The molecule has 0 atom stereocenters. The summed E-state index contributed by atoms with van der Waals surface area (Å²) in [4.78, 5) is 3.52. The molecule has 2 aromatic rings. The van der Waals surface area contributed by atoms with Crippen molar-refractivity contribution in [3.05, 3.63) is 35.6 Å². The molecule has 0 bridgehead atoms. The Bertz CT molecular complexity index is 724. The van der Waals surface area contributed by atoms with Crippen LogP contribution in [0.2, 0.25) is 0 Å². The van der Waals surface area contributed by atoms with Gasteiger partial charge in [-0.2, -0.15) is 21.6 Å². The summed E-state index contributed by atoms with van der Waals surface area (Å²) in [7, 11) is -4.05. The van der Waals surface area contributed by atoms with Crippen LogP contribution in [0.4, 0.5) is 13.2 Å². The third-order valence-corrected chi connectivity index (χ3v) is 4.13. The van der Waals surface area contributed by atoms with Crippen LogP contribution in [0.25, 0.3) is 10.6 Å². The lowest BCUT2D eigenvalue weighted by Crippen LogP contribution is -2.36. The van der Waals surface area contributed by atoms with Crippen LogP contribution in [-0.2, 0) is 22.8 Å². The maximum atomic E-state index is 12.5. The average Bonchev–Trinajstić information content (AvgIpc) is 2.85. The third-order valence-electron chi connectivity index (χ3n) is 2.54. The zero-order valence-corrected chi connectivity index (χ0v) is 12.0. The Hall–Kier alpha value is -1.52. The normalized spacial score (nSPS) is 12.6. The molecule has 0 amide bonds. The molecule has 1 N–H and O–H groups in total. The average molecular weight is 339 g/mol. The van der Waals surface area contributed by atoms with E-state index in [1.807, 2.05) is 0 Å². The number of alkyl halides is 3. The zero-order chi connectivity index (χ0) is 15.7. The standard InChI is InChI=1S/C11H9F3N2O3S2/c12-11(13,14)9-7-20-10(15-9)8-1-3-16(4-2-8)5-6-21(17,18)19/h1-4,7H,5-6H2/p+1. The van der Waals surface area contributed by atoms with Crippen molar-refractivity contribution in [2.45, 2.75) is 12.7 Å². The van der Waals surface area contributed by atoms with Gasteiger partial charge in [0.1, 0.15) is 10.8 Å². The van der Waals surface area contributed by atoms with Crippen molar-refractivity contribution in [2.24, 2.45) is 0 Å². The summed E-state index contributed by atoms with van der Waals surface area (Å²) in [6.45, 7) is 0.0464. The number of hydrogen-bond donors (Lipinski definition) is 1. The van der Waals surface area contributed by atoms with E-state index in [2.05, 4.69) is 4.98 Å². The number of rotatable bonds is 4. The summed E-state index contributed by atoms with van der Waals surface area (Å²) in [6.07, 6.45) is -1.46. The van der Waals surface area contributed by atoms with E-state index in [9.17, 15) is 21.6 Å². The van der Waals surface area contributed by atoms with E-state index in [0.29, 0.717) is 5.56 Å². The van der Waals surface area contributed by atoms with Crippen LogP contribution >= 0.6 is 11.3 Å². The topological polar surface area (TPSA) is 71.1 Å². The molecule has 0 radical (unpaired) electrons. The smallest absolute Gasteiger partial charge is 0.285 e. The lowest BCUT2D eigenvalue weighted by Gasteiger charge is -2.00. The van der Waals surface area contributed by atoms with Gasteiger partial charge < -0.3 is 0 Å². The summed E-state index contributed by atoms with van der Waals surface area (Å²) in [5, 5.41) is 1.17. The van der Waals surface area contributed by atoms with Crippen LogP contribution in [0.5, 0.6) is 0 Å². The molecule has 21 heavy (non-hydrogen) atoms. The third kappa shape index (κ3) is 4.48. The molecular weight excluding hydrogens is 329 g/mol. The summed E-state index contributed by atoms with van der Waals surface area (Å²) in [5.41, 5.74) is -0.441. The van der Waals surface area contributed by atoms with Crippen molar-refractivity contribution in [2.75, 3.05) is 5.75 Å². The first-order valence-corrected chi connectivity index (χ1v) is 8.11. The predicted octanol–water partition coefficient (Wildman–Crippen LogP) is 2.00. The van der Waals surface area contributed by atoms with Gasteiger partial charge in [-0.3, -0.25) is 4.55 Å².